The zero-order valence-electron chi connectivity index (χ0n) is 21.2. The molecule has 1 amide bonds. The zero-order chi connectivity index (χ0) is 24.8. The Morgan fingerprint density at radius 2 is 1.53 bits per heavy atom. The number of rotatable bonds is 3. The molecule has 4 rings (SSSR count). The van der Waals surface area contributed by atoms with Crippen molar-refractivity contribution in [3.05, 3.63) is 65.2 Å². The number of aryl methyl sites for hydroxylation is 1. The molecule has 2 fully saturated rings. The average Bonchev–Trinajstić information content (AvgIpc) is 3.19. The van der Waals surface area contributed by atoms with Gasteiger partial charge in [-0.25, -0.2) is 8.78 Å². The maximum absolute atomic E-state index is 14.8. The minimum atomic E-state index is -0.593. The van der Waals surface area contributed by atoms with Crippen LogP contribution in [0, 0.1) is 24.5 Å². The van der Waals surface area contributed by atoms with Gasteiger partial charge >= 0.3 is 0 Å². The SMILES string of the molecule is Cc1ccc(N2[C@H](C)CN(C(=O)[C@H]3CN(C(C)(C)C)C[C@@H]3c3ccc(F)cc3F)C[C@@H]2C)cc1. The van der Waals surface area contributed by atoms with Crippen LogP contribution < -0.4 is 4.90 Å². The molecule has 2 aliphatic heterocycles. The Morgan fingerprint density at radius 1 is 0.912 bits per heavy atom. The van der Waals surface area contributed by atoms with E-state index in [1.165, 1.54) is 23.4 Å². The molecule has 2 heterocycles. The molecular weight excluding hydrogens is 432 g/mol. The Bertz CT molecular complexity index is 1020. The van der Waals surface area contributed by atoms with Crippen LogP contribution in [0.4, 0.5) is 14.5 Å². The van der Waals surface area contributed by atoms with Crippen LogP contribution in [0.1, 0.15) is 51.7 Å². The van der Waals surface area contributed by atoms with E-state index in [0.717, 1.165) is 6.07 Å². The lowest BCUT2D eigenvalue weighted by Gasteiger charge is -2.46. The Balaban J connectivity index is 1.58. The second-order valence-electron chi connectivity index (χ2n) is 11.1. The van der Waals surface area contributed by atoms with Gasteiger partial charge < -0.3 is 9.80 Å². The van der Waals surface area contributed by atoms with Gasteiger partial charge in [0.15, 0.2) is 0 Å². The summed E-state index contributed by atoms with van der Waals surface area (Å²) in [5.74, 6) is -1.74. The molecule has 0 bridgehead atoms. The molecule has 0 aliphatic carbocycles. The van der Waals surface area contributed by atoms with Crippen molar-refractivity contribution in [1.29, 1.82) is 0 Å². The van der Waals surface area contributed by atoms with Crippen LogP contribution in [0.25, 0.3) is 0 Å². The smallest absolute Gasteiger partial charge is 0.227 e. The highest BCUT2D eigenvalue weighted by molar-refractivity contribution is 5.81. The van der Waals surface area contributed by atoms with E-state index in [4.69, 9.17) is 0 Å². The van der Waals surface area contributed by atoms with Crippen LogP contribution in [-0.2, 0) is 4.79 Å². The number of amides is 1. The summed E-state index contributed by atoms with van der Waals surface area (Å²) < 4.78 is 28.4. The van der Waals surface area contributed by atoms with Gasteiger partial charge in [0.25, 0.3) is 0 Å². The molecule has 2 aliphatic rings. The Kier molecular flexibility index (Phi) is 6.74. The van der Waals surface area contributed by atoms with E-state index in [2.05, 4.69) is 75.6 Å². The van der Waals surface area contributed by atoms with E-state index in [-0.39, 0.29) is 35.4 Å². The topological polar surface area (TPSA) is 26.8 Å². The highest BCUT2D eigenvalue weighted by atomic mass is 19.1. The minimum absolute atomic E-state index is 0.0720. The molecule has 0 spiro atoms. The number of hydrogen-bond donors (Lipinski definition) is 0. The number of carbonyl (C=O) groups excluding carboxylic acids is 1. The summed E-state index contributed by atoms with van der Waals surface area (Å²) >= 11 is 0. The predicted molar refractivity (Wildman–Crippen MR) is 133 cm³/mol. The Labute approximate surface area is 202 Å². The number of hydrogen-bond acceptors (Lipinski definition) is 3. The van der Waals surface area contributed by atoms with Crippen LogP contribution in [-0.4, -0.2) is 59.5 Å². The molecule has 2 saturated heterocycles. The lowest BCUT2D eigenvalue weighted by Crippen LogP contribution is -2.59. The lowest BCUT2D eigenvalue weighted by molar-refractivity contribution is -0.137. The molecule has 0 radical (unpaired) electrons. The zero-order valence-corrected chi connectivity index (χ0v) is 21.2. The molecule has 184 valence electrons. The van der Waals surface area contributed by atoms with Gasteiger partial charge in [-0.1, -0.05) is 23.8 Å². The van der Waals surface area contributed by atoms with E-state index in [0.29, 0.717) is 31.7 Å². The third-order valence-corrected chi connectivity index (χ3v) is 7.51. The Hall–Kier alpha value is -2.47. The maximum Gasteiger partial charge on any atom is 0.227 e. The fourth-order valence-corrected chi connectivity index (χ4v) is 5.68. The molecule has 34 heavy (non-hydrogen) atoms. The first-order valence-corrected chi connectivity index (χ1v) is 12.3. The fraction of sp³-hybridized carbons (Fsp3) is 0.536. The monoisotopic (exact) mass is 469 g/mol. The number of nitrogens with zero attached hydrogens (tertiary/aromatic N) is 3. The van der Waals surface area contributed by atoms with Crippen molar-refractivity contribution in [3.8, 4) is 0 Å². The first-order chi connectivity index (χ1) is 16.0. The highest BCUT2D eigenvalue weighted by Gasteiger charge is 2.45. The van der Waals surface area contributed by atoms with Gasteiger partial charge in [-0.3, -0.25) is 9.69 Å². The van der Waals surface area contributed by atoms with Crippen molar-refractivity contribution in [1.82, 2.24) is 9.80 Å². The van der Waals surface area contributed by atoms with Crippen molar-refractivity contribution in [2.45, 2.75) is 65.1 Å². The molecule has 6 heteroatoms. The number of piperazine rings is 1. The van der Waals surface area contributed by atoms with Gasteiger partial charge in [0.1, 0.15) is 11.6 Å². The molecule has 0 N–H and O–H groups in total. The van der Waals surface area contributed by atoms with Gasteiger partial charge in [-0.2, -0.15) is 0 Å². The molecule has 4 nitrogen and oxygen atoms in total. The third-order valence-electron chi connectivity index (χ3n) is 7.51. The quantitative estimate of drug-likeness (QED) is 0.617. The van der Waals surface area contributed by atoms with Crippen LogP contribution in [0.3, 0.4) is 0 Å². The molecule has 0 saturated carbocycles. The fourth-order valence-electron chi connectivity index (χ4n) is 5.68. The number of carbonyl (C=O) groups is 1. The summed E-state index contributed by atoms with van der Waals surface area (Å²) in [6.07, 6.45) is 0. The first-order valence-electron chi connectivity index (χ1n) is 12.3. The summed E-state index contributed by atoms with van der Waals surface area (Å²) in [5, 5.41) is 0. The predicted octanol–water partition coefficient (Wildman–Crippen LogP) is 5.21. The molecule has 0 unspecified atom stereocenters. The summed E-state index contributed by atoms with van der Waals surface area (Å²) in [4.78, 5) is 20.5. The van der Waals surface area contributed by atoms with E-state index < -0.39 is 11.6 Å². The van der Waals surface area contributed by atoms with Crippen molar-refractivity contribution >= 4 is 11.6 Å². The Morgan fingerprint density at radius 3 is 2.09 bits per heavy atom. The summed E-state index contributed by atoms with van der Waals surface area (Å²) in [7, 11) is 0. The highest BCUT2D eigenvalue weighted by Crippen LogP contribution is 2.39. The standard InChI is InChI=1S/C28H37F2N3O/c1-18-7-10-22(11-8-18)33-19(2)14-31(15-20(33)3)27(34)25-17-32(28(4,5)6)16-24(25)23-12-9-21(29)13-26(23)30/h7-13,19-20,24-25H,14-17H2,1-6H3/t19-,20+,24-,25+/m1/s1. The van der Waals surface area contributed by atoms with E-state index >= 15 is 0 Å². The molecule has 4 atom stereocenters. The van der Waals surface area contributed by atoms with Gasteiger partial charge in [0.05, 0.1) is 5.92 Å². The van der Waals surface area contributed by atoms with Crippen LogP contribution in [0.2, 0.25) is 0 Å². The van der Waals surface area contributed by atoms with E-state index in [9.17, 15) is 13.6 Å². The van der Waals surface area contributed by atoms with Crippen molar-refractivity contribution in [3.63, 3.8) is 0 Å². The van der Waals surface area contributed by atoms with Crippen LogP contribution >= 0.6 is 0 Å². The summed E-state index contributed by atoms with van der Waals surface area (Å²) in [6.45, 7) is 15.1. The second-order valence-corrected chi connectivity index (χ2v) is 11.1. The number of anilines is 1. The summed E-state index contributed by atoms with van der Waals surface area (Å²) in [6, 6.07) is 12.6. The minimum Gasteiger partial charge on any atom is -0.363 e. The van der Waals surface area contributed by atoms with Crippen LogP contribution in [0.5, 0.6) is 0 Å². The normalized spacial score (nSPS) is 26.2. The molecule has 0 aromatic heterocycles. The van der Waals surface area contributed by atoms with E-state index in [1.54, 1.807) is 0 Å². The molecule has 2 aromatic carbocycles. The van der Waals surface area contributed by atoms with Crippen molar-refractivity contribution in [2.24, 2.45) is 5.92 Å². The first kappa shape index (κ1) is 24.6. The average molecular weight is 470 g/mol. The second kappa shape index (κ2) is 9.29. The number of benzene rings is 2. The van der Waals surface area contributed by atoms with E-state index in [1.807, 2.05) is 4.90 Å². The maximum atomic E-state index is 14.8. The number of likely N-dealkylation sites (tertiary alicyclic amines) is 1. The van der Waals surface area contributed by atoms with Crippen LogP contribution in [0.15, 0.2) is 42.5 Å². The van der Waals surface area contributed by atoms with Gasteiger partial charge in [0.2, 0.25) is 5.91 Å². The van der Waals surface area contributed by atoms with Crippen molar-refractivity contribution < 1.29 is 13.6 Å². The van der Waals surface area contributed by atoms with Gasteiger partial charge in [-0.15, -0.1) is 0 Å². The molecular formula is C28H37F2N3O. The van der Waals surface area contributed by atoms with Gasteiger partial charge in [-0.05, 0) is 65.3 Å². The third kappa shape index (κ3) is 4.83. The van der Waals surface area contributed by atoms with Crippen molar-refractivity contribution in [2.75, 3.05) is 31.1 Å². The van der Waals surface area contributed by atoms with Gasteiger partial charge in [0, 0.05) is 61.5 Å². The lowest BCUT2D eigenvalue weighted by atomic mass is 9.87. The molecule has 2 aromatic rings. The largest absolute Gasteiger partial charge is 0.363 e. The summed E-state index contributed by atoms with van der Waals surface area (Å²) in [5.41, 5.74) is 2.69. The number of halogens is 2.